The first-order valence-corrected chi connectivity index (χ1v) is 6.47. The molecule has 16 heavy (non-hydrogen) atoms. The maximum absolute atomic E-state index is 4.07. The molecule has 2 rings (SSSR count). The van der Waals surface area contributed by atoms with Crippen molar-refractivity contribution in [1.82, 2.24) is 14.9 Å². The Balaban J connectivity index is 1.79. The smallest absolute Gasteiger partial charge is 0.0946 e. The van der Waals surface area contributed by atoms with Gasteiger partial charge in [-0.1, -0.05) is 19.8 Å². The number of hydrogen-bond acceptors (Lipinski definition) is 2. The van der Waals surface area contributed by atoms with Crippen LogP contribution in [0.3, 0.4) is 0 Å². The zero-order valence-corrected chi connectivity index (χ0v) is 10.4. The van der Waals surface area contributed by atoms with E-state index in [1.807, 2.05) is 18.7 Å². The summed E-state index contributed by atoms with van der Waals surface area (Å²) in [4.78, 5) is 4.07. The molecule has 0 amide bonds. The Labute approximate surface area is 98.3 Å². The van der Waals surface area contributed by atoms with Crippen molar-refractivity contribution in [3.8, 4) is 0 Å². The summed E-state index contributed by atoms with van der Waals surface area (Å²) < 4.78 is 2.14. The molecule has 1 N–H and O–H groups in total. The van der Waals surface area contributed by atoms with E-state index < -0.39 is 0 Å². The highest BCUT2D eigenvalue weighted by atomic mass is 15.1. The van der Waals surface area contributed by atoms with E-state index in [9.17, 15) is 0 Å². The SMILES string of the molecule is CC(Cn1ccnc1)NC1CCCCC1C. The molecular formula is C13H23N3. The summed E-state index contributed by atoms with van der Waals surface area (Å²) in [5.74, 6) is 0.832. The van der Waals surface area contributed by atoms with Crippen LogP contribution in [0, 0.1) is 5.92 Å². The summed E-state index contributed by atoms with van der Waals surface area (Å²) in [5.41, 5.74) is 0. The maximum Gasteiger partial charge on any atom is 0.0946 e. The van der Waals surface area contributed by atoms with Gasteiger partial charge in [-0.2, -0.15) is 0 Å². The first kappa shape index (κ1) is 11.6. The summed E-state index contributed by atoms with van der Waals surface area (Å²) >= 11 is 0. The number of rotatable bonds is 4. The molecule has 3 nitrogen and oxygen atoms in total. The van der Waals surface area contributed by atoms with Gasteiger partial charge in [0.05, 0.1) is 6.33 Å². The van der Waals surface area contributed by atoms with Crippen LogP contribution in [-0.4, -0.2) is 21.6 Å². The minimum Gasteiger partial charge on any atom is -0.336 e. The second-order valence-electron chi connectivity index (χ2n) is 5.20. The van der Waals surface area contributed by atoms with Crippen molar-refractivity contribution >= 4 is 0 Å². The van der Waals surface area contributed by atoms with Crippen molar-refractivity contribution in [1.29, 1.82) is 0 Å². The van der Waals surface area contributed by atoms with Gasteiger partial charge in [-0.25, -0.2) is 4.98 Å². The van der Waals surface area contributed by atoms with Crippen molar-refractivity contribution in [3.05, 3.63) is 18.7 Å². The molecule has 1 aromatic heterocycles. The first-order chi connectivity index (χ1) is 7.75. The van der Waals surface area contributed by atoms with Crippen molar-refractivity contribution < 1.29 is 0 Å². The number of nitrogens with one attached hydrogen (secondary N) is 1. The Morgan fingerprint density at radius 3 is 2.94 bits per heavy atom. The molecule has 0 aromatic carbocycles. The van der Waals surface area contributed by atoms with Gasteiger partial charge in [-0.3, -0.25) is 0 Å². The van der Waals surface area contributed by atoms with E-state index in [0.29, 0.717) is 12.1 Å². The van der Waals surface area contributed by atoms with Crippen LogP contribution >= 0.6 is 0 Å². The van der Waals surface area contributed by atoms with Crippen LogP contribution < -0.4 is 5.32 Å². The van der Waals surface area contributed by atoms with Gasteiger partial charge in [-0.15, -0.1) is 0 Å². The molecule has 1 heterocycles. The maximum atomic E-state index is 4.07. The average molecular weight is 221 g/mol. The predicted octanol–water partition coefficient (Wildman–Crippen LogP) is 2.44. The minimum atomic E-state index is 0.528. The van der Waals surface area contributed by atoms with Crippen LogP contribution in [0.2, 0.25) is 0 Å². The van der Waals surface area contributed by atoms with Crippen molar-refractivity contribution in [2.45, 2.75) is 58.2 Å². The van der Waals surface area contributed by atoms with E-state index in [2.05, 4.69) is 28.7 Å². The van der Waals surface area contributed by atoms with Gasteiger partial charge in [0.2, 0.25) is 0 Å². The zero-order valence-electron chi connectivity index (χ0n) is 10.4. The van der Waals surface area contributed by atoms with E-state index >= 15 is 0 Å². The van der Waals surface area contributed by atoms with Crippen LogP contribution in [-0.2, 0) is 6.54 Å². The minimum absolute atomic E-state index is 0.528. The molecule has 0 spiro atoms. The summed E-state index contributed by atoms with van der Waals surface area (Å²) in [7, 11) is 0. The van der Waals surface area contributed by atoms with E-state index in [1.165, 1.54) is 25.7 Å². The Hall–Kier alpha value is -0.830. The van der Waals surface area contributed by atoms with Gasteiger partial charge in [0.25, 0.3) is 0 Å². The van der Waals surface area contributed by atoms with Gasteiger partial charge < -0.3 is 9.88 Å². The Morgan fingerprint density at radius 1 is 1.44 bits per heavy atom. The molecule has 1 aliphatic rings. The summed E-state index contributed by atoms with van der Waals surface area (Å²) in [5, 5.41) is 3.76. The number of imidazole rings is 1. The monoisotopic (exact) mass is 221 g/mol. The Bertz CT molecular complexity index is 294. The fourth-order valence-corrected chi connectivity index (χ4v) is 2.69. The normalized spacial score (nSPS) is 27.9. The molecule has 0 radical (unpaired) electrons. The number of nitrogens with zero attached hydrogens (tertiary/aromatic N) is 2. The van der Waals surface area contributed by atoms with Crippen LogP contribution in [0.25, 0.3) is 0 Å². The largest absolute Gasteiger partial charge is 0.336 e. The Morgan fingerprint density at radius 2 is 2.25 bits per heavy atom. The molecule has 3 atom stereocenters. The van der Waals surface area contributed by atoms with E-state index in [0.717, 1.165) is 12.5 Å². The molecule has 1 fully saturated rings. The van der Waals surface area contributed by atoms with Gasteiger partial charge in [0.15, 0.2) is 0 Å². The number of aromatic nitrogens is 2. The highest BCUT2D eigenvalue weighted by Crippen LogP contribution is 2.24. The van der Waals surface area contributed by atoms with Crippen molar-refractivity contribution in [2.75, 3.05) is 0 Å². The van der Waals surface area contributed by atoms with E-state index in [-0.39, 0.29) is 0 Å². The highest BCUT2D eigenvalue weighted by molar-refractivity contribution is 4.82. The fourth-order valence-electron chi connectivity index (χ4n) is 2.69. The third-order valence-corrected chi connectivity index (χ3v) is 3.65. The van der Waals surface area contributed by atoms with Crippen LogP contribution in [0.1, 0.15) is 39.5 Å². The van der Waals surface area contributed by atoms with Crippen LogP contribution in [0.5, 0.6) is 0 Å². The van der Waals surface area contributed by atoms with Gasteiger partial charge in [-0.05, 0) is 25.7 Å². The van der Waals surface area contributed by atoms with Crippen molar-refractivity contribution in [2.24, 2.45) is 5.92 Å². The molecule has 3 heteroatoms. The summed E-state index contributed by atoms with van der Waals surface area (Å²) in [6, 6.07) is 1.24. The zero-order chi connectivity index (χ0) is 11.4. The molecule has 3 unspecified atom stereocenters. The summed E-state index contributed by atoms with van der Waals surface area (Å²) in [6.45, 7) is 5.66. The lowest BCUT2D eigenvalue weighted by Crippen LogP contribution is -2.43. The fraction of sp³-hybridized carbons (Fsp3) is 0.769. The van der Waals surface area contributed by atoms with Gasteiger partial charge in [0, 0.05) is 31.0 Å². The first-order valence-electron chi connectivity index (χ1n) is 6.47. The second-order valence-corrected chi connectivity index (χ2v) is 5.20. The quantitative estimate of drug-likeness (QED) is 0.846. The molecule has 1 aromatic rings. The van der Waals surface area contributed by atoms with Crippen LogP contribution in [0.15, 0.2) is 18.7 Å². The lowest BCUT2D eigenvalue weighted by molar-refractivity contribution is 0.254. The predicted molar refractivity (Wildman–Crippen MR) is 66.2 cm³/mol. The molecule has 0 aliphatic heterocycles. The average Bonchev–Trinajstić information content (AvgIpc) is 2.74. The molecule has 0 bridgehead atoms. The number of hydrogen-bond donors (Lipinski definition) is 1. The Kier molecular flexibility index (Phi) is 3.99. The standard InChI is InChI=1S/C13H23N3/c1-11-5-3-4-6-13(11)15-12(2)9-16-8-7-14-10-16/h7-8,10-13,15H,3-6,9H2,1-2H3. The molecule has 0 saturated heterocycles. The second kappa shape index (κ2) is 5.48. The van der Waals surface area contributed by atoms with Gasteiger partial charge in [0.1, 0.15) is 0 Å². The molecule has 1 aliphatic carbocycles. The third kappa shape index (κ3) is 3.08. The topological polar surface area (TPSA) is 29.9 Å². The molecule has 1 saturated carbocycles. The van der Waals surface area contributed by atoms with Crippen LogP contribution in [0.4, 0.5) is 0 Å². The lowest BCUT2D eigenvalue weighted by atomic mass is 9.85. The highest BCUT2D eigenvalue weighted by Gasteiger charge is 2.22. The molecular weight excluding hydrogens is 198 g/mol. The lowest BCUT2D eigenvalue weighted by Gasteiger charge is -2.32. The van der Waals surface area contributed by atoms with Gasteiger partial charge >= 0.3 is 0 Å². The van der Waals surface area contributed by atoms with E-state index in [4.69, 9.17) is 0 Å². The molecule has 90 valence electrons. The third-order valence-electron chi connectivity index (χ3n) is 3.65. The van der Waals surface area contributed by atoms with E-state index in [1.54, 1.807) is 0 Å². The summed E-state index contributed by atoms with van der Waals surface area (Å²) in [6.07, 6.45) is 11.3. The van der Waals surface area contributed by atoms with Crippen molar-refractivity contribution in [3.63, 3.8) is 0 Å².